The Morgan fingerprint density at radius 3 is 2.55 bits per heavy atom. The van der Waals surface area contributed by atoms with E-state index in [1.807, 2.05) is 0 Å². The molecule has 1 N–H and O–H groups in total. The number of fused-ring (bicyclic) bond motifs is 1. The Labute approximate surface area is 176 Å². The first kappa shape index (κ1) is 20.3. The summed E-state index contributed by atoms with van der Waals surface area (Å²) in [6.07, 6.45) is 2.79. The van der Waals surface area contributed by atoms with E-state index in [0.717, 1.165) is 16.7 Å². The van der Waals surface area contributed by atoms with Gasteiger partial charge in [0.05, 0.1) is 17.3 Å². The molecule has 1 saturated heterocycles. The van der Waals surface area contributed by atoms with Gasteiger partial charge < -0.3 is 15.0 Å². The van der Waals surface area contributed by atoms with Crippen molar-refractivity contribution in [2.75, 3.05) is 23.4 Å². The van der Waals surface area contributed by atoms with Crippen LogP contribution in [0.25, 0.3) is 11.0 Å². The molecule has 3 aromatic rings. The molecular formula is C21H21N5O5. The molecule has 10 heteroatoms. The molecule has 10 nitrogen and oxygen atoms in total. The van der Waals surface area contributed by atoms with Gasteiger partial charge >= 0.3 is 5.69 Å². The molecule has 1 fully saturated rings. The average molecular weight is 423 g/mol. The highest BCUT2D eigenvalue weighted by atomic mass is 16.5. The molecule has 4 rings (SSSR count). The summed E-state index contributed by atoms with van der Waals surface area (Å²) in [6.45, 7) is 0.462. The van der Waals surface area contributed by atoms with Gasteiger partial charge in [0.25, 0.3) is 11.5 Å². The molecule has 1 aromatic carbocycles. The number of amides is 2. The highest BCUT2D eigenvalue weighted by molar-refractivity contribution is 5.95. The van der Waals surface area contributed by atoms with Gasteiger partial charge in [-0.1, -0.05) is 0 Å². The Morgan fingerprint density at radius 1 is 1.13 bits per heavy atom. The van der Waals surface area contributed by atoms with E-state index in [2.05, 4.69) is 10.3 Å². The van der Waals surface area contributed by atoms with Gasteiger partial charge in [-0.2, -0.15) is 0 Å². The minimum Gasteiger partial charge on any atom is -0.484 e. The minimum atomic E-state index is -0.491. The number of rotatable bonds is 5. The van der Waals surface area contributed by atoms with Crippen molar-refractivity contribution in [3.63, 3.8) is 0 Å². The zero-order valence-electron chi connectivity index (χ0n) is 17.1. The first-order valence-electron chi connectivity index (χ1n) is 9.74. The van der Waals surface area contributed by atoms with Crippen LogP contribution >= 0.6 is 0 Å². The van der Waals surface area contributed by atoms with Crippen molar-refractivity contribution in [2.24, 2.45) is 14.1 Å². The molecule has 1 aliphatic rings. The van der Waals surface area contributed by atoms with Crippen LogP contribution in [-0.2, 0) is 23.7 Å². The zero-order valence-corrected chi connectivity index (χ0v) is 17.1. The first-order valence-corrected chi connectivity index (χ1v) is 9.74. The van der Waals surface area contributed by atoms with Crippen LogP contribution in [0.2, 0.25) is 0 Å². The lowest BCUT2D eigenvalue weighted by Gasteiger charge is -2.16. The number of nitrogens with one attached hydrogen (secondary N) is 1. The van der Waals surface area contributed by atoms with Gasteiger partial charge in [0.15, 0.2) is 6.61 Å². The molecule has 1 aliphatic heterocycles. The summed E-state index contributed by atoms with van der Waals surface area (Å²) in [7, 11) is 2.90. The van der Waals surface area contributed by atoms with E-state index in [9.17, 15) is 19.2 Å². The normalized spacial score (nSPS) is 13.6. The molecular weight excluding hydrogens is 402 g/mol. The van der Waals surface area contributed by atoms with Crippen molar-refractivity contribution in [1.29, 1.82) is 0 Å². The minimum absolute atomic E-state index is 0.104. The quantitative estimate of drug-likeness (QED) is 0.648. The van der Waals surface area contributed by atoms with Gasteiger partial charge in [0.2, 0.25) is 5.91 Å². The molecule has 0 aliphatic carbocycles. The fourth-order valence-corrected chi connectivity index (χ4v) is 3.52. The highest BCUT2D eigenvalue weighted by Crippen LogP contribution is 2.24. The smallest absolute Gasteiger partial charge is 0.332 e. The van der Waals surface area contributed by atoms with E-state index in [4.69, 9.17) is 4.74 Å². The largest absolute Gasteiger partial charge is 0.484 e. The molecule has 0 radical (unpaired) electrons. The number of nitrogens with zero attached hydrogens (tertiary/aromatic N) is 4. The van der Waals surface area contributed by atoms with E-state index in [-0.39, 0.29) is 23.5 Å². The summed E-state index contributed by atoms with van der Waals surface area (Å²) in [6, 6.07) is 8.45. The Bertz CT molecular complexity index is 1290. The number of carbonyl (C=O) groups is 2. The van der Waals surface area contributed by atoms with E-state index >= 15 is 0 Å². The summed E-state index contributed by atoms with van der Waals surface area (Å²) in [5.41, 5.74) is 0.390. The third-order valence-electron chi connectivity index (χ3n) is 5.17. The highest BCUT2D eigenvalue weighted by Gasteiger charge is 2.21. The van der Waals surface area contributed by atoms with Gasteiger partial charge in [-0.05, 0) is 36.8 Å². The third kappa shape index (κ3) is 3.91. The summed E-state index contributed by atoms with van der Waals surface area (Å²) >= 11 is 0. The number of carbonyl (C=O) groups excluding carboxylic acids is 2. The number of anilines is 2. The van der Waals surface area contributed by atoms with E-state index in [1.54, 1.807) is 29.2 Å². The van der Waals surface area contributed by atoms with Gasteiger partial charge in [0.1, 0.15) is 11.4 Å². The topological polar surface area (TPSA) is 116 Å². The van der Waals surface area contributed by atoms with Gasteiger partial charge in [0, 0.05) is 32.7 Å². The Hall–Kier alpha value is -3.95. The molecule has 0 bridgehead atoms. The summed E-state index contributed by atoms with van der Waals surface area (Å²) in [4.78, 5) is 54.2. The second-order valence-corrected chi connectivity index (χ2v) is 7.28. The van der Waals surface area contributed by atoms with Gasteiger partial charge in [-0.25, -0.2) is 9.78 Å². The van der Waals surface area contributed by atoms with Crippen molar-refractivity contribution in [1.82, 2.24) is 14.1 Å². The van der Waals surface area contributed by atoms with Crippen molar-refractivity contribution in [3.8, 4) is 5.75 Å². The Kier molecular flexibility index (Phi) is 5.28. The number of aromatic nitrogens is 3. The first-order chi connectivity index (χ1) is 14.8. The molecule has 31 heavy (non-hydrogen) atoms. The van der Waals surface area contributed by atoms with Gasteiger partial charge in [-0.15, -0.1) is 0 Å². The number of hydrogen-bond donors (Lipinski definition) is 1. The number of benzene rings is 1. The van der Waals surface area contributed by atoms with Crippen LogP contribution in [0.15, 0.2) is 46.1 Å². The summed E-state index contributed by atoms with van der Waals surface area (Å²) in [5, 5.41) is 2.85. The zero-order chi connectivity index (χ0) is 22.1. The van der Waals surface area contributed by atoms with E-state index in [0.29, 0.717) is 24.4 Å². The van der Waals surface area contributed by atoms with Crippen molar-refractivity contribution in [2.45, 2.75) is 12.8 Å². The maximum atomic E-state index is 12.3. The second-order valence-electron chi connectivity index (χ2n) is 7.28. The van der Waals surface area contributed by atoms with Crippen molar-refractivity contribution < 1.29 is 14.3 Å². The fraction of sp³-hybridized carbons (Fsp3) is 0.286. The number of aryl methyl sites for hydroxylation is 1. The van der Waals surface area contributed by atoms with Crippen LogP contribution in [0.1, 0.15) is 12.8 Å². The summed E-state index contributed by atoms with van der Waals surface area (Å²) in [5.74, 6) is 0.166. The lowest BCUT2D eigenvalue weighted by atomic mass is 10.3. The van der Waals surface area contributed by atoms with Crippen LogP contribution in [0.4, 0.5) is 11.4 Å². The van der Waals surface area contributed by atoms with Crippen LogP contribution in [-0.4, -0.2) is 39.1 Å². The predicted octanol–water partition coefficient (Wildman–Crippen LogP) is 0.776. The Balaban J connectivity index is 1.42. The van der Waals surface area contributed by atoms with E-state index in [1.165, 1.54) is 30.9 Å². The number of ether oxygens (including phenoxy) is 1. The van der Waals surface area contributed by atoms with Crippen LogP contribution in [0.3, 0.4) is 0 Å². The van der Waals surface area contributed by atoms with Crippen LogP contribution in [0.5, 0.6) is 5.75 Å². The lowest BCUT2D eigenvalue weighted by molar-refractivity contribution is -0.118. The van der Waals surface area contributed by atoms with Crippen molar-refractivity contribution in [3.05, 3.63) is 57.4 Å². The molecule has 0 spiro atoms. The molecule has 3 heterocycles. The number of hydrogen-bond acceptors (Lipinski definition) is 6. The predicted molar refractivity (Wildman–Crippen MR) is 114 cm³/mol. The fourth-order valence-electron chi connectivity index (χ4n) is 3.52. The monoisotopic (exact) mass is 423 g/mol. The molecule has 2 aromatic heterocycles. The second kappa shape index (κ2) is 8.05. The standard InChI is InChI=1S/C21H21N5O5/c1-24-19-16(20(29)25(2)21(24)30)10-13(11-22-19)23-17(27)12-31-15-7-5-14(6-8-15)26-9-3-4-18(26)28/h5-8,10-11H,3-4,9,12H2,1-2H3,(H,23,27). The van der Waals surface area contributed by atoms with Gasteiger partial charge in [-0.3, -0.25) is 23.5 Å². The molecule has 0 unspecified atom stereocenters. The van der Waals surface area contributed by atoms with Crippen molar-refractivity contribution >= 4 is 34.2 Å². The van der Waals surface area contributed by atoms with Crippen LogP contribution < -0.4 is 26.2 Å². The molecule has 160 valence electrons. The Morgan fingerprint density at radius 2 is 1.87 bits per heavy atom. The maximum Gasteiger partial charge on any atom is 0.332 e. The molecule has 2 amide bonds. The summed E-state index contributed by atoms with van der Waals surface area (Å²) < 4.78 is 7.76. The molecule has 0 atom stereocenters. The SMILES string of the molecule is Cn1c(=O)c2cc(NC(=O)COc3ccc(N4CCCC4=O)cc3)cnc2n(C)c1=O. The van der Waals surface area contributed by atoms with E-state index < -0.39 is 17.2 Å². The lowest BCUT2D eigenvalue weighted by Crippen LogP contribution is -2.37. The maximum absolute atomic E-state index is 12.3. The number of pyridine rings is 1. The third-order valence-corrected chi connectivity index (χ3v) is 5.17. The molecule has 0 saturated carbocycles. The average Bonchev–Trinajstić information content (AvgIpc) is 3.21. The van der Waals surface area contributed by atoms with Crippen LogP contribution in [0, 0.1) is 0 Å².